The second-order valence-electron chi connectivity index (χ2n) is 5.50. The molecule has 2 aromatic rings. The SMILES string of the molecule is CSC1(CNc2ccnc3c(F)cc(F)cc23)CCOCC1. The fraction of sp³-hybridized carbons (Fsp3) is 0.438. The first-order valence-corrected chi connectivity index (χ1v) is 8.47. The predicted octanol–water partition coefficient (Wildman–Crippen LogP) is 3.84. The van der Waals surface area contributed by atoms with Crippen molar-refractivity contribution in [2.24, 2.45) is 0 Å². The van der Waals surface area contributed by atoms with Crippen LogP contribution in [0.15, 0.2) is 24.4 Å². The molecule has 1 aromatic heterocycles. The molecule has 0 unspecified atom stereocenters. The molecule has 2 heterocycles. The molecule has 0 atom stereocenters. The molecule has 22 heavy (non-hydrogen) atoms. The minimum absolute atomic E-state index is 0.0969. The van der Waals surface area contributed by atoms with E-state index >= 15 is 0 Å². The molecule has 1 N–H and O–H groups in total. The minimum atomic E-state index is -0.635. The van der Waals surface area contributed by atoms with E-state index in [1.807, 2.05) is 11.8 Å². The molecule has 118 valence electrons. The van der Waals surface area contributed by atoms with Crippen LogP contribution in [0.1, 0.15) is 12.8 Å². The zero-order valence-electron chi connectivity index (χ0n) is 12.4. The first kappa shape index (κ1) is 15.5. The van der Waals surface area contributed by atoms with Gasteiger partial charge in [-0.05, 0) is 31.2 Å². The van der Waals surface area contributed by atoms with E-state index in [9.17, 15) is 8.78 Å². The Morgan fingerprint density at radius 2 is 2.09 bits per heavy atom. The second kappa shape index (κ2) is 6.38. The molecule has 1 aromatic carbocycles. The van der Waals surface area contributed by atoms with Gasteiger partial charge in [0, 0.05) is 47.8 Å². The van der Waals surface area contributed by atoms with E-state index in [0.717, 1.165) is 38.7 Å². The molecule has 6 heteroatoms. The van der Waals surface area contributed by atoms with Crippen LogP contribution in [0.5, 0.6) is 0 Å². The van der Waals surface area contributed by atoms with Gasteiger partial charge in [-0.1, -0.05) is 0 Å². The minimum Gasteiger partial charge on any atom is -0.383 e. The van der Waals surface area contributed by atoms with Crippen LogP contribution in [0.25, 0.3) is 10.9 Å². The number of anilines is 1. The Morgan fingerprint density at radius 1 is 1.32 bits per heavy atom. The Hall–Kier alpha value is -1.40. The summed E-state index contributed by atoms with van der Waals surface area (Å²) >= 11 is 1.82. The average Bonchev–Trinajstić information content (AvgIpc) is 2.54. The molecule has 0 aliphatic carbocycles. The number of hydrogen-bond acceptors (Lipinski definition) is 4. The summed E-state index contributed by atoms with van der Waals surface area (Å²) in [4.78, 5) is 4.01. The van der Waals surface area contributed by atoms with E-state index in [-0.39, 0.29) is 10.3 Å². The van der Waals surface area contributed by atoms with Gasteiger partial charge in [-0.2, -0.15) is 11.8 Å². The smallest absolute Gasteiger partial charge is 0.152 e. The van der Waals surface area contributed by atoms with Crippen molar-refractivity contribution < 1.29 is 13.5 Å². The van der Waals surface area contributed by atoms with E-state index in [1.165, 1.54) is 6.07 Å². The molecule has 0 amide bonds. The highest BCUT2D eigenvalue weighted by Crippen LogP contribution is 2.35. The quantitative estimate of drug-likeness (QED) is 0.927. The van der Waals surface area contributed by atoms with Crippen molar-refractivity contribution in [1.29, 1.82) is 0 Å². The van der Waals surface area contributed by atoms with Crippen molar-refractivity contribution in [2.75, 3.05) is 31.3 Å². The zero-order valence-corrected chi connectivity index (χ0v) is 13.2. The normalized spacial score (nSPS) is 17.6. The van der Waals surface area contributed by atoms with Crippen molar-refractivity contribution in [3.05, 3.63) is 36.0 Å². The largest absolute Gasteiger partial charge is 0.383 e. The maximum Gasteiger partial charge on any atom is 0.152 e. The monoisotopic (exact) mass is 324 g/mol. The summed E-state index contributed by atoms with van der Waals surface area (Å²) in [6.07, 6.45) is 5.57. The van der Waals surface area contributed by atoms with Gasteiger partial charge < -0.3 is 10.1 Å². The highest BCUT2D eigenvalue weighted by Gasteiger charge is 2.31. The van der Waals surface area contributed by atoms with E-state index in [0.29, 0.717) is 11.1 Å². The van der Waals surface area contributed by atoms with Gasteiger partial charge >= 0.3 is 0 Å². The number of benzene rings is 1. The Bertz CT molecular complexity index is 674. The molecule has 0 bridgehead atoms. The highest BCUT2D eigenvalue weighted by molar-refractivity contribution is 8.00. The van der Waals surface area contributed by atoms with Gasteiger partial charge in [-0.3, -0.25) is 4.98 Å². The van der Waals surface area contributed by atoms with Crippen molar-refractivity contribution in [3.8, 4) is 0 Å². The first-order valence-electron chi connectivity index (χ1n) is 7.24. The van der Waals surface area contributed by atoms with E-state index in [4.69, 9.17) is 4.74 Å². The van der Waals surface area contributed by atoms with Crippen LogP contribution in [0.2, 0.25) is 0 Å². The van der Waals surface area contributed by atoms with Crippen LogP contribution in [-0.4, -0.2) is 35.7 Å². The summed E-state index contributed by atoms with van der Waals surface area (Å²) < 4.78 is 32.8. The van der Waals surface area contributed by atoms with Gasteiger partial charge in [0.1, 0.15) is 11.3 Å². The maximum atomic E-state index is 13.8. The van der Waals surface area contributed by atoms with Crippen molar-refractivity contribution >= 4 is 28.4 Å². The topological polar surface area (TPSA) is 34.2 Å². The molecule has 1 aliphatic rings. The number of rotatable bonds is 4. The van der Waals surface area contributed by atoms with Gasteiger partial charge in [0.2, 0.25) is 0 Å². The first-order chi connectivity index (χ1) is 10.6. The number of halogens is 2. The fourth-order valence-corrected chi connectivity index (χ4v) is 3.58. The lowest BCUT2D eigenvalue weighted by Gasteiger charge is -2.36. The maximum absolute atomic E-state index is 13.8. The average molecular weight is 324 g/mol. The predicted molar refractivity (Wildman–Crippen MR) is 86.4 cm³/mol. The standard InChI is InChI=1S/C16H18F2N2OS/c1-22-16(3-6-21-7-4-16)10-20-14-2-5-19-15-12(14)8-11(17)9-13(15)18/h2,5,8-9H,3-4,6-7,10H2,1H3,(H,19,20). The van der Waals surface area contributed by atoms with Gasteiger partial charge in [0.15, 0.2) is 5.82 Å². The number of nitrogens with one attached hydrogen (secondary N) is 1. The number of hydrogen-bond donors (Lipinski definition) is 1. The Balaban J connectivity index is 1.87. The molecule has 0 spiro atoms. The lowest BCUT2D eigenvalue weighted by atomic mass is 9.98. The van der Waals surface area contributed by atoms with Crippen LogP contribution >= 0.6 is 11.8 Å². The molecule has 1 fully saturated rings. The van der Waals surface area contributed by atoms with E-state index < -0.39 is 11.6 Å². The van der Waals surface area contributed by atoms with Gasteiger partial charge in [-0.15, -0.1) is 0 Å². The van der Waals surface area contributed by atoms with Crippen LogP contribution in [0.4, 0.5) is 14.5 Å². The summed E-state index contributed by atoms with van der Waals surface area (Å²) in [7, 11) is 0. The number of ether oxygens (including phenoxy) is 1. The fourth-order valence-electron chi connectivity index (χ4n) is 2.79. The van der Waals surface area contributed by atoms with Crippen LogP contribution in [-0.2, 0) is 4.74 Å². The van der Waals surface area contributed by atoms with Crippen molar-refractivity contribution in [2.45, 2.75) is 17.6 Å². The number of fused-ring (bicyclic) bond motifs is 1. The zero-order chi connectivity index (χ0) is 15.6. The number of aromatic nitrogens is 1. The third-order valence-corrected chi connectivity index (χ3v) is 5.62. The third-order valence-electron chi connectivity index (χ3n) is 4.20. The third kappa shape index (κ3) is 3.03. The van der Waals surface area contributed by atoms with Gasteiger partial charge in [0.25, 0.3) is 0 Å². The Kier molecular flexibility index (Phi) is 4.49. The number of thioether (sulfide) groups is 1. The summed E-state index contributed by atoms with van der Waals surface area (Å²) in [5.74, 6) is -1.23. The lowest BCUT2D eigenvalue weighted by molar-refractivity contribution is 0.0802. The van der Waals surface area contributed by atoms with E-state index in [2.05, 4.69) is 16.6 Å². The number of nitrogens with zero attached hydrogens (tertiary/aromatic N) is 1. The van der Waals surface area contributed by atoms with Crippen LogP contribution in [0, 0.1) is 11.6 Å². The van der Waals surface area contributed by atoms with Crippen molar-refractivity contribution in [1.82, 2.24) is 4.98 Å². The van der Waals surface area contributed by atoms with E-state index in [1.54, 1.807) is 12.3 Å². The molecular weight excluding hydrogens is 306 g/mol. The van der Waals surface area contributed by atoms with Crippen LogP contribution < -0.4 is 5.32 Å². The lowest BCUT2D eigenvalue weighted by Crippen LogP contribution is -2.39. The molecule has 0 saturated carbocycles. The molecule has 0 radical (unpaired) electrons. The summed E-state index contributed by atoms with van der Waals surface area (Å²) in [5, 5.41) is 3.83. The second-order valence-corrected chi connectivity index (χ2v) is 6.77. The Morgan fingerprint density at radius 3 is 2.82 bits per heavy atom. The van der Waals surface area contributed by atoms with Gasteiger partial charge in [0.05, 0.1) is 0 Å². The Labute approximate surface area is 132 Å². The summed E-state index contributed by atoms with van der Waals surface area (Å²) in [6, 6.07) is 3.94. The molecule has 3 rings (SSSR count). The van der Waals surface area contributed by atoms with Crippen molar-refractivity contribution in [3.63, 3.8) is 0 Å². The molecular formula is C16H18F2N2OS. The summed E-state index contributed by atoms with van der Waals surface area (Å²) in [5.41, 5.74) is 0.903. The molecule has 3 nitrogen and oxygen atoms in total. The number of pyridine rings is 1. The summed E-state index contributed by atoms with van der Waals surface area (Å²) in [6.45, 7) is 2.24. The molecule has 1 aliphatic heterocycles. The molecule has 1 saturated heterocycles. The van der Waals surface area contributed by atoms with Crippen LogP contribution in [0.3, 0.4) is 0 Å². The van der Waals surface area contributed by atoms with Gasteiger partial charge in [-0.25, -0.2) is 8.78 Å². The highest BCUT2D eigenvalue weighted by atomic mass is 32.2.